The van der Waals surface area contributed by atoms with Gasteiger partial charge in [-0.3, -0.25) is 33.3 Å². The van der Waals surface area contributed by atoms with Gasteiger partial charge in [-0.25, -0.2) is 0 Å². The molecule has 0 saturated carbocycles. The Bertz CT molecular complexity index is 2610. The van der Waals surface area contributed by atoms with Crippen LogP contribution in [0.15, 0.2) is 143 Å². The predicted octanol–water partition coefficient (Wildman–Crippen LogP) is 7.23. The third-order valence-corrected chi connectivity index (χ3v) is 11.6. The SMILES string of the molecule is CC(C)C(=O)Oc1c2n(ncc1=O)[C@@H](C(c1ccccc1)c1ccccc1)CN(C(C)C)C2=O.CC(C)N1C[C@H](C(c2ccccc2)c2ccccc2)n2ncc(=O)c(O)c2C1=O. The summed E-state index contributed by atoms with van der Waals surface area (Å²) in [5.74, 6) is -2.83. The first-order valence-electron chi connectivity index (χ1n) is 21.2. The Hall–Kier alpha value is -7.15. The van der Waals surface area contributed by atoms with Crippen molar-refractivity contribution < 1.29 is 24.2 Å². The zero-order valence-electron chi connectivity index (χ0n) is 36.2. The fraction of sp³-hybridized carbons (Fsp3) is 0.300. The summed E-state index contributed by atoms with van der Waals surface area (Å²) in [6, 6.07) is 39.3. The second kappa shape index (κ2) is 18.9. The van der Waals surface area contributed by atoms with Gasteiger partial charge in [-0.05, 0) is 49.9 Å². The van der Waals surface area contributed by atoms with Gasteiger partial charge in [-0.1, -0.05) is 135 Å². The number of fused-ring (bicyclic) bond motifs is 2. The van der Waals surface area contributed by atoms with E-state index in [0.29, 0.717) is 13.1 Å². The summed E-state index contributed by atoms with van der Waals surface area (Å²) in [6.07, 6.45) is 2.21. The van der Waals surface area contributed by atoms with Gasteiger partial charge in [-0.2, -0.15) is 10.2 Å². The van der Waals surface area contributed by atoms with Gasteiger partial charge in [0.2, 0.25) is 16.6 Å². The highest BCUT2D eigenvalue weighted by Gasteiger charge is 2.42. The molecule has 1 N–H and O–H groups in total. The summed E-state index contributed by atoms with van der Waals surface area (Å²) in [5, 5.41) is 19.1. The maximum Gasteiger partial charge on any atom is 0.313 e. The number of esters is 1. The zero-order chi connectivity index (χ0) is 44.9. The summed E-state index contributed by atoms with van der Waals surface area (Å²) in [5.41, 5.74) is 3.01. The minimum atomic E-state index is -0.648. The van der Waals surface area contributed by atoms with Gasteiger partial charge >= 0.3 is 5.97 Å². The first kappa shape index (κ1) is 43.9. The second-order valence-electron chi connectivity index (χ2n) is 16.7. The largest absolute Gasteiger partial charge is 0.502 e. The van der Waals surface area contributed by atoms with Gasteiger partial charge in [0.15, 0.2) is 17.1 Å². The number of aromatic nitrogens is 4. The van der Waals surface area contributed by atoms with E-state index < -0.39 is 28.5 Å². The second-order valence-corrected chi connectivity index (χ2v) is 16.7. The highest BCUT2D eigenvalue weighted by molar-refractivity contribution is 5.97. The molecule has 13 heteroatoms. The monoisotopic (exact) mass is 848 g/mol. The fourth-order valence-corrected chi connectivity index (χ4v) is 8.42. The summed E-state index contributed by atoms with van der Waals surface area (Å²) in [6.45, 7) is 11.9. The molecule has 324 valence electrons. The number of benzene rings is 4. The lowest BCUT2D eigenvalue weighted by Gasteiger charge is -2.41. The quantitative estimate of drug-likeness (QED) is 0.141. The Morgan fingerprint density at radius 1 is 0.556 bits per heavy atom. The summed E-state index contributed by atoms with van der Waals surface area (Å²) in [7, 11) is 0. The molecule has 13 nitrogen and oxygen atoms in total. The van der Waals surface area contributed by atoms with Crippen molar-refractivity contribution in [1.29, 1.82) is 0 Å². The molecule has 0 aliphatic carbocycles. The molecule has 2 aromatic heterocycles. The van der Waals surface area contributed by atoms with Crippen LogP contribution in [0, 0.1) is 5.92 Å². The molecule has 0 saturated heterocycles. The van der Waals surface area contributed by atoms with Crippen LogP contribution >= 0.6 is 0 Å². The van der Waals surface area contributed by atoms with E-state index in [9.17, 15) is 29.1 Å². The minimum Gasteiger partial charge on any atom is -0.502 e. The summed E-state index contributed by atoms with van der Waals surface area (Å²) >= 11 is 0. The third-order valence-electron chi connectivity index (χ3n) is 11.6. The lowest BCUT2D eigenvalue weighted by molar-refractivity contribution is -0.137. The van der Waals surface area contributed by atoms with Crippen LogP contribution in [-0.2, 0) is 4.79 Å². The molecule has 0 radical (unpaired) electrons. The molecule has 0 spiro atoms. The van der Waals surface area contributed by atoms with Crippen molar-refractivity contribution in [1.82, 2.24) is 29.4 Å². The Morgan fingerprint density at radius 3 is 1.27 bits per heavy atom. The Labute approximate surface area is 366 Å². The van der Waals surface area contributed by atoms with Crippen molar-refractivity contribution in [2.24, 2.45) is 5.92 Å². The van der Waals surface area contributed by atoms with Gasteiger partial charge in [0.05, 0.1) is 30.4 Å². The number of aromatic hydroxyl groups is 1. The van der Waals surface area contributed by atoms with E-state index in [4.69, 9.17) is 4.74 Å². The average molecular weight is 849 g/mol. The molecule has 6 aromatic rings. The van der Waals surface area contributed by atoms with Gasteiger partial charge < -0.3 is 19.6 Å². The lowest BCUT2D eigenvalue weighted by Crippen LogP contribution is -2.50. The first-order chi connectivity index (χ1) is 30.3. The Kier molecular flexibility index (Phi) is 13.1. The molecule has 0 bridgehead atoms. The number of nitrogens with zero attached hydrogens (tertiary/aromatic N) is 6. The highest BCUT2D eigenvalue weighted by Crippen LogP contribution is 2.41. The molecule has 4 heterocycles. The fourth-order valence-electron chi connectivity index (χ4n) is 8.42. The zero-order valence-corrected chi connectivity index (χ0v) is 36.2. The van der Waals surface area contributed by atoms with Crippen LogP contribution in [-0.4, -0.2) is 77.4 Å². The smallest absolute Gasteiger partial charge is 0.313 e. The van der Waals surface area contributed by atoms with Crippen molar-refractivity contribution >= 4 is 17.8 Å². The molecule has 2 aliphatic rings. The molecule has 2 atom stereocenters. The molecule has 4 aromatic carbocycles. The van der Waals surface area contributed by atoms with Gasteiger partial charge in [0, 0.05) is 37.0 Å². The third kappa shape index (κ3) is 8.95. The van der Waals surface area contributed by atoms with Crippen molar-refractivity contribution in [2.45, 2.75) is 77.5 Å². The standard InChI is InChI=1S/C27H29N3O4.C23H23N3O3/c1-17(2)27(33)34-25-22(31)15-28-30-21(16-29(18(3)4)26(32)24(25)30)23(19-11-7-5-8-12-19)20-13-9-6-10-14-20;1-15(2)25-14-18(26-21(23(25)29)22(28)19(27)13-24-26)20(16-9-5-3-6-10-16)17-11-7-4-8-12-17/h5-15,17-18,21,23H,16H2,1-4H3;3-13,15,18,20,28H,14H2,1-2H3/t21-;18-/m11/s1. The van der Waals surface area contributed by atoms with E-state index in [2.05, 4.69) is 58.7 Å². The minimum absolute atomic E-state index is 0.0170. The summed E-state index contributed by atoms with van der Waals surface area (Å²) < 4.78 is 8.59. The van der Waals surface area contributed by atoms with E-state index in [-0.39, 0.29) is 65.0 Å². The van der Waals surface area contributed by atoms with Gasteiger partial charge in [0.1, 0.15) is 0 Å². The van der Waals surface area contributed by atoms with Gasteiger partial charge in [-0.15, -0.1) is 0 Å². The number of amides is 2. The van der Waals surface area contributed by atoms with E-state index in [1.165, 1.54) is 4.68 Å². The first-order valence-corrected chi connectivity index (χ1v) is 21.2. The normalized spacial score (nSPS) is 16.0. The maximum absolute atomic E-state index is 13.6. The van der Waals surface area contributed by atoms with Crippen LogP contribution in [0.2, 0.25) is 0 Å². The molecule has 0 unspecified atom stereocenters. The molecule has 2 amide bonds. The van der Waals surface area contributed by atoms with Crippen LogP contribution in [0.5, 0.6) is 11.5 Å². The number of hydrogen-bond acceptors (Lipinski definition) is 9. The van der Waals surface area contributed by atoms with E-state index >= 15 is 0 Å². The summed E-state index contributed by atoms with van der Waals surface area (Å²) in [4.78, 5) is 67.2. The van der Waals surface area contributed by atoms with E-state index in [1.54, 1.807) is 28.3 Å². The lowest BCUT2D eigenvalue weighted by atomic mass is 9.83. The Balaban J connectivity index is 0.000000191. The van der Waals surface area contributed by atoms with Crippen LogP contribution in [0.25, 0.3) is 0 Å². The molecular formula is C50H52N6O7. The van der Waals surface area contributed by atoms with E-state index in [1.807, 2.05) is 100 Å². The molecule has 63 heavy (non-hydrogen) atoms. The van der Waals surface area contributed by atoms with Crippen molar-refractivity contribution in [3.8, 4) is 11.5 Å². The number of ether oxygens (including phenoxy) is 1. The van der Waals surface area contributed by atoms with Crippen LogP contribution in [0.1, 0.15) is 109 Å². The molecule has 8 rings (SSSR count). The number of carbonyl (C=O) groups is 3. The van der Waals surface area contributed by atoms with Gasteiger partial charge in [0.25, 0.3) is 11.8 Å². The Morgan fingerprint density at radius 2 is 0.905 bits per heavy atom. The van der Waals surface area contributed by atoms with Crippen LogP contribution in [0.4, 0.5) is 0 Å². The predicted molar refractivity (Wildman–Crippen MR) is 239 cm³/mol. The van der Waals surface area contributed by atoms with E-state index in [0.717, 1.165) is 34.6 Å². The number of hydrogen-bond donors (Lipinski definition) is 1. The maximum atomic E-state index is 13.6. The number of rotatable bonds is 10. The van der Waals surface area contributed by atoms with Crippen molar-refractivity contribution in [3.05, 3.63) is 188 Å². The molecule has 2 aliphatic heterocycles. The van der Waals surface area contributed by atoms with Crippen molar-refractivity contribution in [3.63, 3.8) is 0 Å². The van der Waals surface area contributed by atoms with Crippen molar-refractivity contribution in [2.75, 3.05) is 13.1 Å². The average Bonchev–Trinajstić information content (AvgIpc) is 3.28. The topological polar surface area (TPSA) is 157 Å². The number of carbonyl (C=O) groups excluding carboxylic acids is 3. The van der Waals surface area contributed by atoms with Crippen LogP contribution in [0.3, 0.4) is 0 Å². The molecule has 0 fully saturated rings. The van der Waals surface area contributed by atoms with Crippen LogP contribution < -0.4 is 15.6 Å². The highest BCUT2D eigenvalue weighted by atomic mass is 16.5. The molecular weight excluding hydrogens is 797 g/mol.